The molecule has 0 saturated carbocycles. The zero-order valence-electron chi connectivity index (χ0n) is 8.86. The van der Waals surface area contributed by atoms with E-state index in [2.05, 4.69) is 13.8 Å². The fourth-order valence-corrected chi connectivity index (χ4v) is 2.19. The third-order valence-electron chi connectivity index (χ3n) is 2.69. The Balaban J connectivity index is 2.47. The quantitative estimate of drug-likeness (QED) is 0.634. The molecule has 1 aliphatic heterocycles. The highest BCUT2D eigenvalue weighted by Gasteiger charge is 2.27. The predicted octanol–water partition coefficient (Wildman–Crippen LogP) is 3.75. The molecule has 0 aromatic heterocycles. The van der Waals surface area contributed by atoms with E-state index in [4.69, 9.17) is 16.3 Å². The van der Waals surface area contributed by atoms with Crippen molar-refractivity contribution in [3.63, 3.8) is 0 Å². The molecular weight excluding hydrogens is 196 g/mol. The third-order valence-corrected chi connectivity index (χ3v) is 2.91. The van der Waals surface area contributed by atoms with E-state index in [-0.39, 0.29) is 5.60 Å². The molecule has 76 valence electrons. The molecule has 0 fully saturated rings. The molecule has 2 heteroatoms. The van der Waals surface area contributed by atoms with E-state index in [1.54, 1.807) is 0 Å². The molecule has 14 heavy (non-hydrogen) atoms. The molecule has 1 aromatic rings. The van der Waals surface area contributed by atoms with Crippen LogP contribution in [0.3, 0.4) is 0 Å². The Hall–Kier alpha value is -0.690. The van der Waals surface area contributed by atoms with E-state index in [0.29, 0.717) is 0 Å². The normalized spacial score (nSPS) is 18.6. The van der Waals surface area contributed by atoms with Crippen molar-refractivity contribution in [1.82, 2.24) is 0 Å². The number of benzene rings is 1. The summed E-state index contributed by atoms with van der Waals surface area (Å²) in [6.07, 6.45) is 2.11. The van der Waals surface area contributed by atoms with Gasteiger partial charge < -0.3 is 4.74 Å². The molecule has 0 spiro atoms. The van der Waals surface area contributed by atoms with Gasteiger partial charge in [-0.1, -0.05) is 11.6 Å². The first-order valence-electron chi connectivity index (χ1n) is 4.96. The van der Waals surface area contributed by atoms with Crippen molar-refractivity contribution in [2.24, 2.45) is 0 Å². The van der Waals surface area contributed by atoms with Gasteiger partial charge in [-0.25, -0.2) is 0 Å². The van der Waals surface area contributed by atoms with Crippen LogP contribution in [0, 0.1) is 6.92 Å². The molecule has 0 unspecified atom stereocenters. The lowest BCUT2D eigenvalue weighted by molar-refractivity contribution is 0.0837. The molecule has 1 heterocycles. The molecule has 0 saturated heterocycles. The molecule has 0 aliphatic carbocycles. The number of hydrogen-bond acceptors (Lipinski definition) is 1. The predicted molar refractivity (Wildman–Crippen MR) is 59.2 cm³/mol. The lowest BCUT2D eigenvalue weighted by atomic mass is 9.93. The maximum atomic E-state index is 6.00. The summed E-state index contributed by atoms with van der Waals surface area (Å²) in [6.45, 7) is 6.31. The Bertz CT molecular complexity index is 369. The Morgan fingerprint density at radius 3 is 2.79 bits per heavy atom. The summed E-state index contributed by atoms with van der Waals surface area (Å²) >= 11 is 6.00. The minimum absolute atomic E-state index is 0.0361. The maximum Gasteiger partial charge on any atom is 0.126 e. The highest BCUT2D eigenvalue weighted by atomic mass is 35.5. The van der Waals surface area contributed by atoms with E-state index in [0.717, 1.165) is 29.2 Å². The fourth-order valence-electron chi connectivity index (χ4n) is 1.89. The van der Waals surface area contributed by atoms with E-state index >= 15 is 0 Å². The SMILES string of the molecule is Cc1cc(Cl)cc2c1OC(C)(C)CC2. The number of aryl methyl sites for hydroxylation is 2. The molecule has 0 atom stereocenters. The van der Waals surface area contributed by atoms with Gasteiger partial charge in [-0.05, 0) is 56.9 Å². The minimum Gasteiger partial charge on any atom is -0.487 e. The fraction of sp³-hybridized carbons (Fsp3) is 0.500. The lowest BCUT2D eigenvalue weighted by Crippen LogP contribution is -2.32. The Morgan fingerprint density at radius 1 is 1.36 bits per heavy atom. The van der Waals surface area contributed by atoms with Crippen molar-refractivity contribution in [2.75, 3.05) is 0 Å². The third kappa shape index (κ3) is 1.74. The Kier molecular flexibility index (Phi) is 2.23. The summed E-state index contributed by atoms with van der Waals surface area (Å²) in [5, 5.41) is 0.810. The number of ether oxygens (including phenoxy) is 1. The van der Waals surface area contributed by atoms with Gasteiger partial charge in [-0.15, -0.1) is 0 Å². The molecule has 0 N–H and O–H groups in total. The van der Waals surface area contributed by atoms with Crippen LogP contribution in [0.2, 0.25) is 5.02 Å². The number of halogens is 1. The minimum atomic E-state index is -0.0361. The van der Waals surface area contributed by atoms with Gasteiger partial charge in [0.1, 0.15) is 11.4 Å². The van der Waals surface area contributed by atoms with Crippen LogP contribution in [0.4, 0.5) is 0 Å². The summed E-state index contributed by atoms with van der Waals surface area (Å²) in [4.78, 5) is 0. The smallest absolute Gasteiger partial charge is 0.126 e. The number of rotatable bonds is 0. The largest absolute Gasteiger partial charge is 0.487 e. The summed E-state index contributed by atoms with van der Waals surface area (Å²) in [5.41, 5.74) is 2.35. The van der Waals surface area contributed by atoms with Gasteiger partial charge in [-0.3, -0.25) is 0 Å². The lowest BCUT2D eigenvalue weighted by Gasteiger charge is -2.33. The first kappa shape index (κ1) is 9.85. The first-order chi connectivity index (χ1) is 6.48. The topological polar surface area (TPSA) is 9.23 Å². The summed E-state index contributed by atoms with van der Waals surface area (Å²) in [7, 11) is 0. The van der Waals surface area contributed by atoms with Gasteiger partial charge in [0.2, 0.25) is 0 Å². The molecule has 0 radical (unpaired) electrons. The Labute approximate surface area is 90.0 Å². The average molecular weight is 211 g/mol. The van der Waals surface area contributed by atoms with E-state index in [1.807, 2.05) is 19.1 Å². The number of hydrogen-bond donors (Lipinski definition) is 0. The van der Waals surface area contributed by atoms with Gasteiger partial charge in [0.15, 0.2) is 0 Å². The average Bonchev–Trinajstić information content (AvgIpc) is 2.06. The van der Waals surface area contributed by atoms with Crippen molar-refractivity contribution in [1.29, 1.82) is 0 Å². The molecule has 1 aliphatic rings. The molecule has 1 aromatic carbocycles. The standard InChI is InChI=1S/C12H15ClO/c1-8-6-10(13)7-9-4-5-12(2,3)14-11(8)9/h6-7H,4-5H2,1-3H3. The van der Waals surface area contributed by atoms with Crippen LogP contribution in [-0.4, -0.2) is 5.60 Å². The summed E-state index contributed by atoms with van der Waals surface area (Å²) in [5.74, 6) is 1.03. The van der Waals surface area contributed by atoms with Gasteiger partial charge in [0.05, 0.1) is 0 Å². The van der Waals surface area contributed by atoms with Crippen LogP contribution in [0.15, 0.2) is 12.1 Å². The molecular formula is C12H15ClO. The van der Waals surface area contributed by atoms with E-state index in [9.17, 15) is 0 Å². The van der Waals surface area contributed by atoms with Crippen LogP contribution in [-0.2, 0) is 6.42 Å². The van der Waals surface area contributed by atoms with Gasteiger partial charge in [0.25, 0.3) is 0 Å². The zero-order valence-corrected chi connectivity index (χ0v) is 9.61. The zero-order chi connectivity index (χ0) is 10.3. The van der Waals surface area contributed by atoms with Crippen molar-refractivity contribution in [3.05, 3.63) is 28.3 Å². The first-order valence-corrected chi connectivity index (χ1v) is 5.34. The van der Waals surface area contributed by atoms with E-state index in [1.165, 1.54) is 5.56 Å². The monoisotopic (exact) mass is 210 g/mol. The van der Waals surface area contributed by atoms with Crippen molar-refractivity contribution >= 4 is 11.6 Å². The van der Waals surface area contributed by atoms with Crippen LogP contribution < -0.4 is 4.74 Å². The van der Waals surface area contributed by atoms with Crippen LogP contribution >= 0.6 is 11.6 Å². The van der Waals surface area contributed by atoms with Crippen LogP contribution in [0.1, 0.15) is 31.4 Å². The second-order valence-electron chi connectivity index (χ2n) is 4.57. The maximum absolute atomic E-state index is 6.00. The van der Waals surface area contributed by atoms with E-state index < -0.39 is 0 Å². The van der Waals surface area contributed by atoms with Crippen LogP contribution in [0.5, 0.6) is 5.75 Å². The van der Waals surface area contributed by atoms with Gasteiger partial charge >= 0.3 is 0 Å². The van der Waals surface area contributed by atoms with Crippen molar-refractivity contribution in [2.45, 2.75) is 39.2 Å². The molecule has 0 amide bonds. The summed E-state index contributed by atoms with van der Waals surface area (Å²) in [6, 6.07) is 3.97. The molecule has 2 rings (SSSR count). The van der Waals surface area contributed by atoms with Crippen molar-refractivity contribution in [3.8, 4) is 5.75 Å². The highest BCUT2D eigenvalue weighted by Crippen LogP contribution is 2.37. The second kappa shape index (κ2) is 3.16. The van der Waals surface area contributed by atoms with Gasteiger partial charge in [-0.2, -0.15) is 0 Å². The highest BCUT2D eigenvalue weighted by molar-refractivity contribution is 6.30. The number of fused-ring (bicyclic) bond motifs is 1. The summed E-state index contributed by atoms with van der Waals surface area (Å²) < 4.78 is 5.95. The molecule has 1 nitrogen and oxygen atoms in total. The van der Waals surface area contributed by atoms with Crippen molar-refractivity contribution < 1.29 is 4.74 Å². The molecule has 0 bridgehead atoms. The van der Waals surface area contributed by atoms with Crippen LogP contribution in [0.25, 0.3) is 0 Å². The second-order valence-corrected chi connectivity index (χ2v) is 5.01. The van der Waals surface area contributed by atoms with Gasteiger partial charge in [0, 0.05) is 5.02 Å². The Morgan fingerprint density at radius 2 is 2.07 bits per heavy atom.